The normalized spacial score (nSPS) is 19.4. The Morgan fingerprint density at radius 1 is 1.33 bits per heavy atom. The third-order valence-electron chi connectivity index (χ3n) is 3.39. The molecule has 0 aromatic heterocycles. The van der Waals surface area contributed by atoms with E-state index in [1.54, 1.807) is 25.7 Å². The molecule has 0 radical (unpaired) electrons. The van der Waals surface area contributed by atoms with Crippen LogP contribution in [0.2, 0.25) is 0 Å². The first-order valence-corrected chi connectivity index (χ1v) is 6.13. The predicted molar refractivity (Wildman–Crippen MR) is 66.2 cm³/mol. The molecule has 0 aliphatic carbocycles. The van der Waals surface area contributed by atoms with Crippen LogP contribution in [-0.2, 0) is 4.79 Å². The fourth-order valence-corrected chi connectivity index (χ4v) is 1.68. The average Bonchev–Trinajstić information content (AvgIpc) is 2.25. The first-order chi connectivity index (χ1) is 8.14. The topological polar surface area (TPSA) is 89.9 Å². The summed E-state index contributed by atoms with van der Waals surface area (Å²) in [7, 11) is 0. The van der Waals surface area contributed by atoms with Crippen LogP contribution in [0.25, 0.3) is 0 Å². The Kier molecular flexibility index (Phi) is 4.21. The number of rotatable bonds is 3. The Labute approximate surface area is 107 Å². The SMILES string of the molecule is CC1(O)CCN(C(=O)NCC(C)(C)C(=O)O)CC1. The molecule has 0 atom stereocenters. The summed E-state index contributed by atoms with van der Waals surface area (Å²) in [5, 5.41) is 21.3. The van der Waals surface area contributed by atoms with E-state index in [-0.39, 0.29) is 12.6 Å². The highest BCUT2D eigenvalue weighted by molar-refractivity contribution is 5.77. The van der Waals surface area contributed by atoms with Gasteiger partial charge in [-0.3, -0.25) is 4.79 Å². The summed E-state index contributed by atoms with van der Waals surface area (Å²) in [4.78, 5) is 24.3. The number of hydrogen-bond acceptors (Lipinski definition) is 3. The number of likely N-dealkylation sites (tertiary alicyclic amines) is 1. The number of amides is 2. The number of aliphatic carboxylic acids is 1. The third kappa shape index (κ3) is 3.87. The number of carbonyl (C=O) groups is 2. The van der Waals surface area contributed by atoms with Crippen molar-refractivity contribution in [3.8, 4) is 0 Å². The lowest BCUT2D eigenvalue weighted by atomic mass is 9.93. The van der Waals surface area contributed by atoms with Crippen LogP contribution in [0.15, 0.2) is 0 Å². The summed E-state index contributed by atoms with van der Waals surface area (Å²) in [6.45, 7) is 5.97. The number of carboxylic acids is 1. The number of urea groups is 1. The summed E-state index contributed by atoms with van der Waals surface area (Å²) >= 11 is 0. The Balaban J connectivity index is 2.41. The maximum Gasteiger partial charge on any atom is 0.317 e. The maximum atomic E-state index is 11.8. The second-order valence-corrected chi connectivity index (χ2v) is 5.83. The minimum absolute atomic E-state index is 0.0913. The van der Waals surface area contributed by atoms with Gasteiger partial charge in [-0.1, -0.05) is 0 Å². The minimum Gasteiger partial charge on any atom is -0.481 e. The molecule has 6 heteroatoms. The highest BCUT2D eigenvalue weighted by Crippen LogP contribution is 2.21. The molecule has 6 nitrogen and oxygen atoms in total. The lowest BCUT2D eigenvalue weighted by Crippen LogP contribution is -2.50. The molecule has 0 unspecified atom stereocenters. The van der Waals surface area contributed by atoms with E-state index >= 15 is 0 Å². The van der Waals surface area contributed by atoms with Gasteiger partial charge in [-0.15, -0.1) is 0 Å². The molecule has 1 aliphatic rings. The molecule has 0 saturated carbocycles. The molecule has 2 amide bonds. The van der Waals surface area contributed by atoms with Crippen molar-refractivity contribution < 1.29 is 19.8 Å². The summed E-state index contributed by atoms with van der Waals surface area (Å²) in [5.74, 6) is -0.940. The quantitative estimate of drug-likeness (QED) is 0.693. The first kappa shape index (κ1) is 14.8. The fraction of sp³-hybridized carbons (Fsp3) is 0.833. The lowest BCUT2D eigenvalue weighted by Gasteiger charge is -2.36. The molecule has 1 fully saturated rings. The molecule has 1 heterocycles. The number of carbonyl (C=O) groups excluding carboxylic acids is 1. The molecule has 1 aliphatic heterocycles. The van der Waals surface area contributed by atoms with E-state index in [1.807, 2.05) is 0 Å². The van der Waals surface area contributed by atoms with E-state index in [4.69, 9.17) is 5.11 Å². The molecular weight excluding hydrogens is 236 g/mol. The van der Waals surface area contributed by atoms with Gasteiger partial charge in [0.2, 0.25) is 0 Å². The second-order valence-electron chi connectivity index (χ2n) is 5.83. The lowest BCUT2D eigenvalue weighted by molar-refractivity contribution is -0.146. The smallest absolute Gasteiger partial charge is 0.317 e. The van der Waals surface area contributed by atoms with E-state index in [0.29, 0.717) is 25.9 Å². The summed E-state index contributed by atoms with van der Waals surface area (Å²) < 4.78 is 0. The molecule has 1 rings (SSSR count). The minimum atomic E-state index is -0.975. The van der Waals surface area contributed by atoms with Gasteiger partial charge in [0.05, 0.1) is 11.0 Å². The van der Waals surface area contributed by atoms with Gasteiger partial charge in [-0.05, 0) is 33.6 Å². The average molecular weight is 258 g/mol. The van der Waals surface area contributed by atoms with Crippen LogP contribution >= 0.6 is 0 Å². The van der Waals surface area contributed by atoms with Crippen molar-refractivity contribution in [1.82, 2.24) is 10.2 Å². The molecule has 0 spiro atoms. The first-order valence-electron chi connectivity index (χ1n) is 6.13. The van der Waals surface area contributed by atoms with Gasteiger partial charge in [0.15, 0.2) is 0 Å². The fourth-order valence-electron chi connectivity index (χ4n) is 1.68. The van der Waals surface area contributed by atoms with Gasteiger partial charge in [0, 0.05) is 19.6 Å². The predicted octanol–water partition coefficient (Wildman–Crippen LogP) is 0.654. The van der Waals surface area contributed by atoms with E-state index < -0.39 is 17.0 Å². The highest BCUT2D eigenvalue weighted by Gasteiger charge is 2.31. The van der Waals surface area contributed by atoms with Gasteiger partial charge in [-0.2, -0.15) is 0 Å². The van der Waals surface area contributed by atoms with Crippen molar-refractivity contribution in [1.29, 1.82) is 0 Å². The summed E-state index contributed by atoms with van der Waals surface area (Å²) in [6, 6.07) is -0.264. The maximum absolute atomic E-state index is 11.8. The zero-order chi connectivity index (χ0) is 14.0. The van der Waals surface area contributed by atoms with Crippen molar-refractivity contribution in [2.24, 2.45) is 5.41 Å². The van der Waals surface area contributed by atoms with Gasteiger partial charge in [-0.25, -0.2) is 4.79 Å². The number of piperidine rings is 1. The van der Waals surface area contributed by atoms with Crippen molar-refractivity contribution in [2.75, 3.05) is 19.6 Å². The second kappa shape index (κ2) is 5.14. The van der Waals surface area contributed by atoms with E-state index in [1.165, 1.54) is 0 Å². The van der Waals surface area contributed by atoms with Crippen LogP contribution in [0.3, 0.4) is 0 Å². The summed E-state index contributed by atoms with van der Waals surface area (Å²) in [6.07, 6.45) is 1.09. The monoisotopic (exact) mass is 258 g/mol. The van der Waals surface area contributed by atoms with Crippen LogP contribution in [0.4, 0.5) is 4.79 Å². The van der Waals surface area contributed by atoms with Gasteiger partial charge >= 0.3 is 12.0 Å². The molecule has 0 aromatic rings. The number of nitrogens with zero attached hydrogens (tertiary/aromatic N) is 1. The third-order valence-corrected chi connectivity index (χ3v) is 3.39. The number of hydrogen-bond donors (Lipinski definition) is 3. The molecule has 1 saturated heterocycles. The van der Waals surface area contributed by atoms with E-state index in [2.05, 4.69) is 5.32 Å². The van der Waals surface area contributed by atoms with Gasteiger partial charge in [0.25, 0.3) is 0 Å². The van der Waals surface area contributed by atoms with E-state index in [9.17, 15) is 14.7 Å². The number of carboxylic acid groups (broad SMARTS) is 1. The largest absolute Gasteiger partial charge is 0.481 e. The van der Waals surface area contributed by atoms with Crippen LogP contribution in [0.1, 0.15) is 33.6 Å². The highest BCUT2D eigenvalue weighted by atomic mass is 16.4. The number of nitrogens with one attached hydrogen (secondary N) is 1. The molecule has 0 bridgehead atoms. The zero-order valence-electron chi connectivity index (χ0n) is 11.2. The van der Waals surface area contributed by atoms with Crippen molar-refractivity contribution >= 4 is 12.0 Å². The standard InChI is InChI=1S/C12H22N2O4/c1-11(2,9(15)16)8-13-10(17)14-6-4-12(3,18)5-7-14/h18H,4-8H2,1-3H3,(H,13,17)(H,15,16). The zero-order valence-corrected chi connectivity index (χ0v) is 11.2. The van der Waals surface area contributed by atoms with Crippen LogP contribution in [0, 0.1) is 5.41 Å². The molecule has 3 N–H and O–H groups in total. The summed E-state index contributed by atoms with van der Waals surface area (Å²) in [5.41, 5.74) is -1.67. The van der Waals surface area contributed by atoms with Crippen LogP contribution < -0.4 is 5.32 Å². The molecule has 0 aromatic carbocycles. The van der Waals surface area contributed by atoms with E-state index in [0.717, 1.165) is 0 Å². The van der Waals surface area contributed by atoms with Crippen molar-refractivity contribution in [3.05, 3.63) is 0 Å². The number of aliphatic hydroxyl groups is 1. The van der Waals surface area contributed by atoms with Gasteiger partial charge in [0.1, 0.15) is 0 Å². The van der Waals surface area contributed by atoms with Crippen LogP contribution in [-0.4, -0.2) is 52.3 Å². The molecule has 104 valence electrons. The van der Waals surface area contributed by atoms with Crippen molar-refractivity contribution in [3.63, 3.8) is 0 Å². The molecule has 18 heavy (non-hydrogen) atoms. The van der Waals surface area contributed by atoms with Crippen molar-refractivity contribution in [2.45, 2.75) is 39.2 Å². The van der Waals surface area contributed by atoms with Crippen LogP contribution in [0.5, 0.6) is 0 Å². The van der Waals surface area contributed by atoms with Gasteiger partial charge < -0.3 is 20.4 Å². The Morgan fingerprint density at radius 2 is 1.83 bits per heavy atom. The Morgan fingerprint density at radius 3 is 2.28 bits per heavy atom. The molecular formula is C12H22N2O4. The Bertz CT molecular complexity index is 329. The Hall–Kier alpha value is -1.30.